The molecule has 7 heteroatoms. The Morgan fingerprint density at radius 1 is 1.07 bits per heavy atom. The van der Waals surface area contributed by atoms with Crippen molar-refractivity contribution in [2.75, 3.05) is 5.32 Å². The number of hydrogen-bond acceptors (Lipinski definition) is 3. The van der Waals surface area contributed by atoms with Crippen LogP contribution in [0, 0.1) is 6.92 Å². The average Bonchev–Trinajstić information content (AvgIpc) is 2.65. The molecule has 148 valence electrons. The van der Waals surface area contributed by atoms with Crippen LogP contribution < -0.4 is 5.32 Å². The third kappa shape index (κ3) is 5.07. The number of nitrogens with zero attached hydrogens (tertiary/aromatic N) is 1. The SMILES string of the molecule is CC(=O)c1cnc2cc(NC(=O)c3ccc(/C=C/C(F)(F)F)cc3C)ccc2c1. The maximum atomic E-state index is 12.6. The van der Waals surface area contributed by atoms with Crippen LogP contribution in [-0.2, 0) is 0 Å². The summed E-state index contributed by atoms with van der Waals surface area (Å²) in [5, 5.41) is 3.53. The molecule has 3 aromatic rings. The van der Waals surface area contributed by atoms with Crippen LogP contribution in [0.25, 0.3) is 17.0 Å². The molecule has 0 bridgehead atoms. The van der Waals surface area contributed by atoms with Gasteiger partial charge >= 0.3 is 6.18 Å². The highest BCUT2D eigenvalue weighted by Gasteiger charge is 2.21. The number of aryl methyl sites for hydroxylation is 1. The van der Waals surface area contributed by atoms with Gasteiger partial charge in [0.05, 0.1) is 5.52 Å². The van der Waals surface area contributed by atoms with Gasteiger partial charge in [0.15, 0.2) is 5.78 Å². The molecule has 0 atom stereocenters. The van der Waals surface area contributed by atoms with Crippen LogP contribution in [0.15, 0.2) is 54.7 Å². The van der Waals surface area contributed by atoms with Crippen molar-refractivity contribution < 1.29 is 22.8 Å². The minimum absolute atomic E-state index is 0.0826. The van der Waals surface area contributed by atoms with E-state index in [0.29, 0.717) is 33.5 Å². The number of anilines is 1. The molecule has 1 amide bonds. The number of halogens is 3. The minimum atomic E-state index is -4.39. The van der Waals surface area contributed by atoms with E-state index in [2.05, 4.69) is 10.3 Å². The second kappa shape index (κ2) is 7.87. The van der Waals surface area contributed by atoms with Crippen LogP contribution in [0.2, 0.25) is 0 Å². The van der Waals surface area contributed by atoms with Crippen molar-refractivity contribution in [3.8, 4) is 0 Å². The van der Waals surface area contributed by atoms with Gasteiger partial charge in [-0.05, 0) is 49.2 Å². The van der Waals surface area contributed by atoms with Crippen molar-refractivity contribution >= 4 is 34.4 Å². The molecule has 0 aliphatic carbocycles. The molecule has 0 radical (unpaired) electrons. The topological polar surface area (TPSA) is 59.1 Å². The number of hydrogen-bond donors (Lipinski definition) is 1. The van der Waals surface area contributed by atoms with Crippen molar-refractivity contribution in [3.63, 3.8) is 0 Å². The summed E-state index contributed by atoms with van der Waals surface area (Å²) < 4.78 is 36.9. The number of carbonyl (C=O) groups is 2. The second-order valence-electron chi connectivity index (χ2n) is 6.59. The number of alkyl halides is 3. The summed E-state index contributed by atoms with van der Waals surface area (Å²) in [6, 6.07) is 11.3. The van der Waals surface area contributed by atoms with Gasteiger partial charge in [-0.25, -0.2) is 0 Å². The predicted molar refractivity (Wildman–Crippen MR) is 106 cm³/mol. The molecular formula is C22H17F3N2O2. The Kier molecular flexibility index (Phi) is 5.50. The smallest absolute Gasteiger partial charge is 0.322 e. The lowest BCUT2D eigenvalue weighted by Gasteiger charge is -2.10. The summed E-state index contributed by atoms with van der Waals surface area (Å²) in [6.07, 6.45) is -1.80. The van der Waals surface area contributed by atoms with E-state index in [4.69, 9.17) is 0 Å². The zero-order chi connectivity index (χ0) is 21.2. The van der Waals surface area contributed by atoms with E-state index in [0.717, 1.165) is 11.5 Å². The summed E-state index contributed by atoms with van der Waals surface area (Å²) in [6.45, 7) is 3.12. The monoisotopic (exact) mass is 398 g/mol. The van der Waals surface area contributed by atoms with E-state index < -0.39 is 6.18 Å². The first-order valence-corrected chi connectivity index (χ1v) is 8.71. The van der Waals surface area contributed by atoms with Crippen LogP contribution in [-0.4, -0.2) is 22.9 Å². The number of ketones is 1. The first kappa shape index (κ1) is 20.3. The number of allylic oxidation sites excluding steroid dienone is 1. The number of nitrogens with one attached hydrogen (secondary N) is 1. The van der Waals surface area contributed by atoms with Crippen LogP contribution in [0.1, 0.15) is 38.8 Å². The van der Waals surface area contributed by atoms with Gasteiger partial charge in [0.25, 0.3) is 5.91 Å². The molecule has 3 rings (SSSR count). The molecule has 0 saturated heterocycles. The lowest BCUT2D eigenvalue weighted by atomic mass is 10.0. The molecule has 0 unspecified atom stereocenters. The molecule has 0 aliphatic rings. The Labute approximate surface area is 165 Å². The van der Waals surface area contributed by atoms with Crippen molar-refractivity contribution in [2.24, 2.45) is 0 Å². The zero-order valence-corrected chi connectivity index (χ0v) is 15.7. The lowest BCUT2D eigenvalue weighted by Crippen LogP contribution is -2.13. The second-order valence-corrected chi connectivity index (χ2v) is 6.59. The number of Topliss-reactive ketones (excluding diaryl/α,β-unsaturated/α-hetero) is 1. The molecule has 2 aromatic carbocycles. The first-order valence-electron chi connectivity index (χ1n) is 8.71. The molecule has 0 saturated carbocycles. The number of benzene rings is 2. The highest BCUT2D eigenvalue weighted by Crippen LogP contribution is 2.22. The Morgan fingerprint density at radius 3 is 2.48 bits per heavy atom. The summed E-state index contributed by atoms with van der Waals surface area (Å²) in [4.78, 5) is 28.3. The van der Waals surface area contributed by atoms with Crippen LogP contribution in [0.5, 0.6) is 0 Å². The number of carbonyl (C=O) groups excluding carboxylic acids is 2. The van der Waals surface area contributed by atoms with E-state index in [1.165, 1.54) is 31.3 Å². The third-order valence-corrected chi connectivity index (χ3v) is 4.31. The lowest BCUT2D eigenvalue weighted by molar-refractivity contribution is -0.0790. The molecule has 0 aliphatic heterocycles. The third-order valence-electron chi connectivity index (χ3n) is 4.31. The fraction of sp³-hybridized carbons (Fsp3) is 0.136. The van der Waals surface area contributed by atoms with Gasteiger partial charge in [-0.15, -0.1) is 0 Å². The number of rotatable bonds is 4. The molecule has 1 heterocycles. The summed E-state index contributed by atoms with van der Waals surface area (Å²) in [5.41, 5.74) is 2.91. The van der Waals surface area contributed by atoms with Gasteiger partial charge < -0.3 is 5.32 Å². The molecule has 1 N–H and O–H groups in total. The van der Waals surface area contributed by atoms with Crippen LogP contribution >= 0.6 is 0 Å². The van der Waals surface area contributed by atoms with E-state index in [1.54, 1.807) is 31.2 Å². The van der Waals surface area contributed by atoms with Gasteiger partial charge in [-0.3, -0.25) is 14.6 Å². The van der Waals surface area contributed by atoms with Crippen molar-refractivity contribution in [1.29, 1.82) is 0 Å². The summed E-state index contributed by atoms with van der Waals surface area (Å²) >= 11 is 0. The highest BCUT2D eigenvalue weighted by atomic mass is 19.4. The maximum absolute atomic E-state index is 12.6. The minimum Gasteiger partial charge on any atom is -0.322 e. The fourth-order valence-electron chi connectivity index (χ4n) is 2.83. The quantitative estimate of drug-likeness (QED) is 0.584. The van der Waals surface area contributed by atoms with E-state index in [9.17, 15) is 22.8 Å². The fourth-order valence-corrected chi connectivity index (χ4v) is 2.83. The number of aromatic nitrogens is 1. The first-order chi connectivity index (χ1) is 13.6. The van der Waals surface area contributed by atoms with Crippen LogP contribution in [0.3, 0.4) is 0 Å². The number of amides is 1. The van der Waals surface area contributed by atoms with Crippen molar-refractivity contribution in [1.82, 2.24) is 4.98 Å². The van der Waals surface area contributed by atoms with E-state index in [1.807, 2.05) is 0 Å². The molecule has 0 fully saturated rings. The number of pyridine rings is 1. The summed E-state index contributed by atoms with van der Waals surface area (Å²) in [7, 11) is 0. The predicted octanol–water partition coefficient (Wildman–Crippen LogP) is 5.57. The van der Waals surface area contributed by atoms with Crippen molar-refractivity contribution in [3.05, 3.63) is 77.0 Å². The normalized spacial score (nSPS) is 11.8. The molecule has 4 nitrogen and oxygen atoms in total. The van der Waals surface area contributed by atoms with Crippen LogP contribution in [0.4, 0.5) is 18.9 Å². The van der Waals surface area contributed by atoms with Gasteiger partial charge in [0, 0.05) is 34.5 Å². The van der Waals surface area contributed by atoms with Gasteiger partial charge in [-0.1, -0.05) is 24.3 Å². The Hall–Kier alpha value is -3.48. The Bertz CT molecular complexity index is 1130. The van der Waals surface area contributed by atoms with E-state index >= 15 is 0 Å². The largest absolute Gasteiger partial charge is 0.409 e. The zero-order valence-electron chi connectivity index (χ0n) is 15.7. The van der Waals surface area contributed by atoms with E-state index in [-0.39, 0.29) is 17.8 Å². The average molecular weight is 398 g/mol. The number of fused-ring (bicyclic) bond motifs is 1. The molecular weight excluding hydrogens is 381 g/mol. The Morgan fingerprint density at radius 2 is 1.83 bits per heavy atom. The van der Waals surface area contributed by atoms with Gasteiger partial charge in [0.1, 0.15) is 0 Å². The standard InChI is InChI=1S/C22H17F3N2O2/c1-13-9-15(7-8-22(23,24)25)3-6-19(13)21(29)27-18-5-4-16-10-17(14(2)28)12-26-20(16)11-18/h3-12H,1-2H3,(H,27,29)/b8-7+. The van der Waals surface area contributed by atoms with Gasteiger partial charge in [0.2, 0.25) is 0 Å². The summed E-state index contributed by atoms with van der Waals surface area (Å²) in [5.74, 6) is -0.464. The van der Waals surface area contributed by atoms with Gasteiger partial charge in [-0.2, -0.15) is 13.2 Å². The molecule has 1 aromatic heterocycles. The highest BCUT2D eigenvalue weighted by molar-refractivity contribution is 6.06. The maximum Gasteiger partial charge on any atom is 0.409 e. The Balaban J connectivity index is 1.80. The molecule has 0 spiro atoms. The molecule has 29 heavy (non-hydrogen) atoms. The van der Waals surface area contributed by atoms with Crippen molar-refractivity contribution in [2.45, 2.75) is 20.0 Å².